The van der Waals surface area contributed by atoms with E-state index in [-0.39, 0.29) is 39.0 Å². The van der Waals surface area contributed by atoms with Crippen molar-refractivity contribution < 1.29 is 38.8 Å². The van der Waals surface area contributed by atoms with E-state index in [0.717, 1.165) is 32.0 Å². The number of anilines is 1. The summed E-state index contributed by atoms with van der Waals surface area (Å²) in [6, 6.07) is 4.57. The number of rotatable bonds is 12. The summed E-state index contributed by atoms with van der Waals surface area (Å²) in [5, 5.41) is 37.8. The van der Waals surface area contributed by atoms with Crippen LogP contribution in [0.25, 0.3) is 10.9 Å². The first-order valence-corrected chi connectivity index (χ1v) is 17.8. The van der Waals surface area contributed by atoms with E-state index in [1.54, 1.807) is 0 Å². The van der Waals surface area contributed by atoms with E-state index in [1.165, 1.54) is 36.9 Å². The molecule has 1 fully saturated rings. The van der Waals surface area contributed by atoms with Crippen molar-refractivity contribution in [2.75, 3.05) is 11.5 Å². The molecule has 2 atom stereocenters. The Balaban J connectivity index is 1.22. The van der Waals surface area contributed by atoms with Gasteiger partial charge in [0.25, 0.3) is 11.8 Å². The fourth-order valence-electron chi connectivity index (χ4n) is 5.25. The number of nitrogen functional groups attached to an aromatic ring is 2. The molecule has 2 aliphatic heterocycles. The fourth-order valence-corrected chi connectivity index (χ4v) is 8.40. The Morgan fingerprint density at radius 1 is 1.34 bits per heavy atom. The molecular formula is C30H28ClN9O7S3. The molecule has 0 spiro atoms. The Kier molecular flexibility index (Phi) is 9.33. The lowest BCUT2D eigenvalue weighted by molar-refractivity contribution is -0.687. The van der Waals surface area contributed by atoms with Gasteiger partial charge in [-0.15, -0.1) is 23.1 Å². The molecule has 0 aromatic carbocycles. The minimum Gasteiger partial charge on any atom is -0.543 e. The fraction of sp³-hybridized carbons (Fsp3) is 0.267. The molecule has 4 aromatic rings. The zero-order valence-electron chi connectivity index (χ0n) is 26.2. The summed E-state index contributed by atoms with van der Waals surface area (Å²) in [6.45, 7) is 3.13. The molecule has 0 radical (unpaired) electrons. The number of aromatic nitrogens is 3. The highest BCUT2D eigenvalue weighted by atomic mass is 35.5. The van der Waals surface area contributed by atoms with E-state index in [4.69, 9.17) is 33.3 Å². The van der Waals surface area contributed by atoms with Crippen molar-refractivity contribution in [2.24, 2.45) is 10.9 Å². The minimum absolute atomic E-state index is 0.00172. The number of β-lactam (4-membered cyclic amide) rings is 1. The van der Waals surface area contributed by atoms with Gasteiger partial charge in [-0.25, -0.2) is 9.78 Å². The van der Waals surface area contributed by atoms with Crippen LogP contribution >= 0.6 is 46.0 Å². The summed E-state index contributed by atoms with van der Waals surface area (Å²) in [4.78, 5) is 62.1. The summed E-state index contributed by atoms with van der Waals surface area (Å²) in [7, 11) is 0. The van der Waals surface area contributed by atoms with Gasteiger partial charge in [0.1, 0.15) is 32.8 Å². The van der Waals surface area contributed by atoms with E-state index < -0.39 is 46.5 Å². The Bertz CT molecular complexity index is 2150. The van der Waals surface area contributed by atoms with Crippen molar-refractivity contribution in [3.8, 4) is 0 Å². The first kappa shape index (κ1) is 34.9. The lowest BCUT2D eigenvalue weighted by atomic mass is 10.0. The lowest BCUT2D eigenvalue weighted by Crippen LogP contribution is -2.71. The van der Waals surface area contributed by atoms with Gasteiger partial charge in [-0.05, 0) is 26.0 Å². The standard InChI is InChI=1S/C30H28ClN9O7S3/c1-30(2,28(45)46)47-37-19(18-22(31)50-29(34)36-18)24(41)35-20-25(42)40-21(27(43)44)15(12-49-26(20)40)8-38-5-3-13-4-6-39(17(13)10-38)9-16-7-14(11-48-16)23(32)33/h3-7,10-11,20,26H,8-9,12H2,1-2H3,(H7-,32,33,34,35,36,41,43,44,45,46)/t20-,26-/m1/s1. The quantitative estimate of drug-likeness (QED) is 0.0443. The number of fused-ring (bicyclic) bond motifs is 2. The molecule has 6 rings (SSSR count). The van der Waals surface area contributed by atoms with Crippen LogP contribution in [0.2, 0.25) is 4.34 Å². The number of nitrogens with one attached hydrogen (secondary N) is 2. The number of nitrogens with zero attached hydrogens (tertiary/aromatic N) is 5. The van der Waals surface area contributed by atoms with Crippen LogP contribution in [0.3, 0.4) is 0 Å². The van der Waals surface area contributed by atoms with Crippen LogP contribution in [0.5, 0.6) is 0 Å². The van der Waals surface area contributed by atoms with Crippen LogP contribution in [0.1, 0.15) is 30.0 Å². The van der Waals surface area contributed by atoms with Crippen LogP contribution in [0.4, 0.5) is 5.13 Å². The monoisotopic (exact) mass is 757 g/mol. The van der Waals surface area contributed by atoms with Crippen molar-refractivity contribution in [1.82, 2.24) is 19.8 Å². The maximum Gasteiger partial charge on any atom is 0.350 e. The average Bonchev–Trinajstić information content (AvgIpc) is 3.78. The number of amidine groups is 1. The van der Waals surface area contributed by atoms with Crippen molar-refractivity contribution in [3.63, 3.8) is 0 Å². The van der Waals surface area contributed by atoms with Crippen LogP contribution in [-0.2, 0) is 37.1 Å². The molecule has 7 N–H and O–H groups in total. The maximum absolute atomic E-state index is 13.5. The van der Waals surface area contributed by atoms with Crippen LogP contribution in [0.15, 0.2) is 58.6 Å². The number of amides is 2. The molecule has 4 aromatic heterocycles. The number of carbonyl (C=O) groups excluding carboxylic acids is 3. The summed E-state index contributed by atoms with van der Waals surface area (Å²) >= 11 is 9.81. The molecule has 20 heteroatoms. The first-order valence-electron chi connectivity index (χ1n) is 14.6. The van der Waals surface area contributed by atoms with Gasteiger partial charge in [-0.1, -0.05) is 28.1 Å². The van der Waals surface area contributed by atoms with Crippen molar-refractivity contribution in [1.29, 1.82) is 5.41 Å². The molecule has 6 heterocycles. The van der Waals surface area contributed by atoms with E-state index in [9.17, 15) is 29.4 Å². The molecule has 1 saturated heterocycles. The highest BCUT2D eigenvalue weighted by Gasteiger charge is 2.53. The molecule has 0 aliphatic carbocycles. The number of halogens is 1. The highest BCUT2D eigenvalue weighted by Crippen LogP contribution is 2.40. The molecule has 50 heavy (non-hydrogen) atoms. The van der Waals surface area contributed by atoms with Gasteiger partial charge in [-0.3, -0.25) is 19.9 Å². The Morgan fingerprint density at radius 2 is 2.10 bits per heavy atom. The topological polar surface area (TPSA) is 246 Å². The average molecular weight is 758 g/mol. The summed E-state index contributed by atoms with van der Waals surface area (Å²) in [6.07, 6.45) is 5.64. The van der Waals surface area contributed by atoms with Crippen molar-refractivity contribution >= 4 is 97.4 Å². The van der Waals surface area contributed by atoms with E-state index in [1.807, 2.05) is 51.3 Å². The number of hydrogen-bond donors (Lipinski definition) is 5. The number of carboxylic acid groups (broad SMARTS) is 2. The summed E-state index contributed by atoms with van der Waals surface area (Å²) in [5.41, 5.74) is 10.5. The van der Waals surface area contributed by atoms with E-state index in [2.05, 4.69) is 15.5 Å². The number of thioether (sulfide) groups is 1. The largest absolute Gasteiger partial charge is 0.543 e. The Hall–Kier alpha value is -4.98. The molecule has 2 amide bonds. The number of thiophene rings is 1. The number of aliphatic carboxylic acids is 2. The smallest absolute Gasteiger partial charge is 0.350 e. The van der Waals surface area contributed by atoms with Crippen molar-refractivity contribution in [3.05, 3.63) is 73.9 Å². The third-order valence-corrected chi connectivity index (χ3v) is 11.2. The molecule has 0 unspecified atom stereocenters. The number of thiazole rings is 1. The van der Waals surface area contributed by atoms with Crippen LogP contribution < -0.4 is 26.5 Å². The van der Waals surface area contributed by atoms with Crippen LogP contribution in [-0.4, -0.2) is 77.6 Å². The third-order valence-electron chi connectivity index (χ3n) is 7.89. The predicted octanol–water partition coefficient (Wildman–Crippen LogP) is 0.703. The summed E-state index contributed by atoms with van der Waals surface area (Å²) in [5.74, 6) is -4.35. The lowest BCUT2D eigenvalue weighted by Gasteiger charge is -2.50. The molecular weight excluding hydrogens is 730 g/mol. The van der Waals surface area contributed by atoms with Crippen LogP contribution in [0, 0.1) is 5.41 Å². The highest BCUT2D eigenvalue weighted by molar-refractivity contribution is 8.00. The number of carboxylic acids is 2. The molecule has 0 saturated carbocycles. The zero-order chi connectivity index (χ0) is 36.1. The zero-order valence-corrected chi connectivity index (χ0v) is 29.4. The Morgan fingerprint density at radius 3 is 2.74 bits per heavy atom. The maximum atomic E-state index is 13.5. The second kappa shape index (κ2) is 13.4. The summed E-state index contributed by atoms with van der Waals surface area (Å²) < 4.78 is 3.83. The second-order valence-electron chi connectivity index (χ2n) is 11.7. The van der Waals surface area contributed by atoms with E-state index >= 15 is 0 Å². The SMILES string of the molecule is CC(C)(ON=C(C(=O)N[C@@H]1C(=O)N2C(C(=O)[O-])=C(C[n+]3ccc4ccn(Cc5cc(C(=N)N)cs5)c4c3)CS[C@H]12)c1nc(N)sc1Cl)C(=O)O. The first-order chi connectivity index (χ1) is 23.6. The molecule has 260 valence electrons. The number of nitrogens with two attached hydrogens (primary N) is 2. The van der Waals surface area contributed by atoms with Gasteiger partial charge in [-0.2, -0.15) is 4.57 Å². The van der Waals surface area contributed by atoms with Crippen molar-refractivity contribution in [2.45, 2.75) is 44.0 Å². The normalized spacial score (nSPS) is 17.8. The minimum atomic E-state index is -1.83. The molecule has 0 bridgehead atoms. The molecule has 16 nitrogen and oxygen atoms in total. The number of hydrogen-bond acceptors (Lipinski definition) is 13. The van der Waals surface area contributed by atoms with Gasteiger partial charge in [0.2, 0.25) is 5.60 Å². The van der Waals surface area contributed by atoms with E-state index in [0.29, 0.717) is 17.7 Å². The number of carbonyl (C=O) groups is 4. The van der Waals surface area contributed by atoms with Gasteiger partial charge < -0.3 is 41.2 Å². The number of oxime groups is 1. The van der Waals surface area contributed by atoms with Gasteiger partial charge >= 0.3 is 5.97 Å². The second-order valence-corrected chi connectivity index (χ2v) is 15.5. The van der Waals surface area contributed by atoms with Gasteiger partial charge in [0.15, 0.2) is 29.8 Å². The number of pyridine rings is 1. The molecule has 2 aliphatic rings. The Labute approximate surface area is 300 Å². The van der Waals surface area contributed by atoms with Gasteiger partial charge in [0, 0.05) is 44.8 Å². The van der Waals surface area contributed by atoms with Gasteiger partial charge in [0.05, 0.1) is 18.2 Å². The third kappa shape index (κ3) is 6.63. The predicted molar refractivity (Wildman–Crippen MR) is 184 cm³/mol.